The molecule has 7 aliphatic heterocycles. The standard InChI is InChI=1S/C66H75Cl2N9O24.H2O4S/c1-23(2)12-34(71-5)58(88)76-49-51(83)26-7-10-38(32(67)14-26)97-40-16-28-17-41(55(40)101-65-56(54(86)53(85)42(22-78)99-65)100-44-21-66(4,70)57(87)24(3)96-44)98-39-11-8-27(15-33(39)68)52(84)50-63(93)75-48(64(94)95)31-18-29(79)19-37(81)45(31)30-13-25(6-9-36(30)80)46(60(90)77-50)74-61(91)47(28)73-59(89)35(20-43(69)82)72-62(49)92;1-5(2,3)4/h6-11,13-19,23-24,34-35,42,44,46-54,56-57,65,71,78-81,83-87H,12,20-22,70H2,1-5H3,(H2,69,82)(H,72,92)(H,73,89)(H,74,91)(H,75,93)(H,76,88)(H,77,90)(H,94,95);(H2,1,2,3,4)/t24-,34+,35-,42+,44-,46+,47+,48+,49+,50-,51+,52+,53+,54-,56+,57?,65-,66-;/m0./s1. The Labute approximate surface area is 611 Å². The summed E-state index contributed by atoms with van der Waals surface area (Å²) in [6.45, 7) is 5.66. The van der Waals surface area contributed by atoms with E-state index in [-0.39, 0.29) is 46.2 Å². The number of hydrogen-bond donors (Lipinski definition) is 21. The molecule has 12 rings (SSSR count). The lowest BCUT2D eigenvalue weighted by Crippen LogP contribution is -2.64. The highest BCUT2D eigenvalue weighted by atomic mass is 35.5. The number of hydrogen-bond acceptors (Lipinski definition) is 27. The van der Waals surface area contributed by atoms with Gasteiger partial charge >= 0.3 is 16.4 Å². The second kappa shape index (κ2) is 32.8. The third kappa shape index (κ3) is 18.4. The Morgan fingerprint density at radius 2 is 1.29 bits per heavy atom. The fourth-order valence-electron chi connectivity index (χ4n) is 12.5. The maximum atomic E-state index is 16.0. The smallest absolute Gasteiger partial charge is 0.394 e. The number of aliphatic hydroxyl groups excluding tert-OH is 6. The van der Waals surface area contributed by atoms with Gasteiger partial charge in [-0.2, -0.15) is 8.42 Å². The van der Waals surface area contributed by atoms with Crippen LogP contribution in [0.15, 0.2) is 78.9 Å². The first-order chi connectivity index (χ1) is 49.7. The van der Waals surface area contributed by atoms with Crippen LogP contribution in [0.25, 0.3) is 11.1 Å². The molecule has 1 unspecified atom stereocenters. The largest absolute Gasteiger partial charge is 0.508 e. The number of nitrogens with two attached hydrogens (primary N) is 2. The fourth-order valence-corrected chi connectivity index (χ4v) is 12.9. The maximum Gasteiger partial charge on any atom is 0.394 e. The Hall–Kier alpha value is -9.33. The number of carboxylic acids is 1. The van der Waals surface area contributed by atoms with Crippen molar-refractivity contribution in [1.82, 2.24) is 37.2 Å². The average molecular weight is 1550 g/mol. The van der Waals surface area contributed by atoms with Gasteiger partial charge < -0.3 is 128 Å². The van der Waals surface area contributed by atoms with Crippen molar-refractivity contribution < 1.29 is 135 Å². The van der Waals surface area contributed by atoms with Gasteiger partial charge in [0.25, 0.3) is 0 Å². The summed E-state index contributed by atoms with van der Waals surface area (Å²) in [5.74, 6) is -16.0. The van der Waals surface area contributed by atoms with E-state index in [2.05, 4.69) is 37.2 Å². The summed E-state index contributed by atoms with van der Waals surface area (Å²) in [5.41, 5.74) is 8.00. The van der Waals surface area contributed by atoms with Gasteiger partial charge in [-0.25, -0.2) is 4.79 Å². The molecular formula is C66H77Cl2N9O28S. The number of primary amides is 1. The highest BCUT2D eigenvalue weighted by Crippen LogP contribution is 2.50. The lowest BCUT2D eigenvalue weighted by molar-refractivity contribution is -0.333. The number of carbonyl (C=O) groups excluding carboxylic acids is 7. The monoisotopic (exact) mass is 1550 g/mol. The third-order valence-corrected chi connectivity index (χ3v) is 18.4. The van der Waals surface area contributed by atoms with Gasteiger partial charge in [-0.3, -0.25) is 42.7 Å². The molecule has 40 heteroatoms. The van der Waals surface area contributed by atoms with Crippen LogP contribution in [0, 0.1) is 5.92 Å². The number of phenolic OH excluding ortho intramolecular Hbond substituents is 3. The van der Waals surface area contributed by atoms with Crippen molar-refractivity contribution in [2.45, 2.75) is 156 Å². The number of aliphatic hydroxyl groups is 6. The zero-order chi connectivity index (χ0) is 78.0. The topological polar surface area (TPSA) is 605 Å². The van der Waals surface area contributed by atoms with Crippen molar-refractivity contribution in [2.24, 2.45) is 17.4 Å². The first-order valence-corrected chi connectivity index (χ1v) is 34.5. The van der Waals surface area contributed by atoms with Gasteiger partial charge in [0.1, 0.15) is 89.5 Å². The van der Waals surface area contributed by atoms with Crippen LogP contribution in [-0.2, 0) is 63.0 Å². The molecule has 7 amide bonds. The van der Waals surface area contributed by atoms with Crippen LogP contribution in [-0.4, -0.2) is 208 Å². The first kappa shape index (κ1) is 80.8. The van der Waals surface area contributed by atoms with Crippen LogP contribution in [0.4, 0.5) is 0 Å². The second-order valence-corrected chi connectivity index (χ2v) is 27.9. The van der Waals surface area contributed by atoms with Gasteiger partial charge in [0, 0.05) is 34.7 Å². The molecule has 18 atom stereocenters. The molecule has 0 radical (unpaired) electrons. The van der Waals surface area contributed by atoms with Crippen LogP contribution in [0.1, 0.15) is 105 Å². The summed E-state index contributed by atoms with van der Waals surface area (Å²) < 4.78 is 69.9. The van der Waals surface area contributed by atoms with Crippen LogP contribution >= 0.6 is 23.2 Å². The Kier molecular flexibility index (Phi) is 25.0. The Balaban J connectivity index is 0.00000251. The predicted octanol–water partition coefficient (Wildman–Crippen LogP) is -0.547. The molecule has 11 bridgehead atoms. The van der Waals surface area contributed by atoms with E-state index in [0.29, 0.717) is 0 Å². The fraction of sp³-hybridized carbons (Fsp3) is 0.424. The number of likely N-dealkylation sites (N-methyl/N-ethyl adjacent to an activating group) is 1. The van der Waals surface area contributed by atoms with Crippen LogP contribution in [0.5, 0.6) is 46.0 Å². The van der Waals surface area contributed by atoms with E-state index in [9.17, 15) is 75.0 Å². The summed E-state index contributed by atoms with van der Waals surface area (Å²) in [4.78, 5) is 117. The Morgan fingerprint density at radius 3 is 1.85 bits per heavy atom. The van der Waals surface area contributed by atoms with Gasteiger partial charge in [0.05, 0.1) is 41.3 Å². The number of amides is 7. The summed E-state index contributed by atoms with van der Waals surface area (Å²) in [6, 6.07) is -0.679. The van der Waals surface area contributed by atoms with Crippen molar-refractivity contribution in [1.29, 1.82) is 0 Å². The maximum absolute atomic E-state index is 16.0. The normalized spacial score (nSPS) is 28.6. The number of benzene rings is 5. The van der Waals surface area contributed by atoms with Crippen molar-refractivity contribution in [2.75, 3.05) is 13.7 Å². The van der Waals surface area contributed by atoms with Gasteiger partial charge in [0.2, 0.25) is 53.4 Å². The van der Waals surface area contributed by atoms with Crippen LogP contribution < -0.4 is 62.9 Å². The quantitative estimate of drug-likeness (QED) is 0.0658. The van der Waals surface area contributed by atoms with Crippen molar-refractivity contribution in [3.63, 3.8) is 0 Å². The molecule has 5 aromatic carbocycles. The van der Waals surface area contributed by atoms with E-state index >= 15 is 14.4 Å². The SMILES string of the molecule is CN[C@H](CC(C)C)C(=O)N[C@H]1C(=O)N[C@@H](CC(N)=O)C(=O)N[C@H]2C(=O)N[C@H]3C(=O)N[C@H](C(=O)N[C@@H](C(=O)O)c4cc(O)cc(O)c4-c4cc3ccc4O)[C@H](O)c3ccc(c(Cl)c3)Oc3cc2cc(c3O[C@@H]2O[C@H](CO)[C@@H](O)[C@H](O)[C@H]2O[C@H]2C[C@](C)(N)C(O)[C@H](C)O2)Oc2ccc(cc2Cl)[C@H]1O.O=S(=O)(O)O. The summed E-state index contributed by atoms with van der Waals surface area (Å²) in [6.07, 6.45) is -18.6. The third-order valence-electron chi connectivity index (χ3n) is 17.8. The molecular weight excluding hydrogens is 1470 g/mol. The molecule has 23 N–H and O–H groups in total. The Bertz CT molecular complexity index is 4340. The second-order valence-electron chi connectivity index (χ2n) is 26.2. The number of fused-ring (bicyclic) bond motifs is 15. The van der Waals surface area contributed by atoms with Crippen LogP contribution in [0.2, 0.25) is 10.0 Å². The molecule has 0 saturated carbocycles. The minimum absolute atomic E-state index is 0.0975. The number of nitrogens with one attached hydrogen (secondary N) is 7. The number of aliphatic carboxylic acids is 1. The zero-order valence-electron chi connectivity index (χ0n) is 56.4. The van der Waals surface area contributed by atoms with E-state index in [1.54, 1.807) is 0 Å². The van der Waals surface area contributed by atoms with Crippen molar-refractivity contribution in [3.8, 4) is 57.1 Å². The van der Waals surface area contributed by atoms with Gasteiger partial charge in [-0.15, -0.1) is 0 Å². The summed E-state index contributed by atoms with van der Waals surface area (Å²) in [5, 5.41) is 131. The molecule has 0 aliphatic carbocycles. The van der Waals surface area contributed by atoms with Crippen LogP contribution in [0.3, 0.4) is 0 Å². The molecule has 0 spiro atoms. The number of ether oxygens (including phenoxy) is 6. The number of aromatic hydroxyl groups is 3. The zero-order valence-corrected chi connectivity index (χ0v) is 58.8. The molecule has 2 saturated heterocycles. The predicted molar refractivity (Wildman–Crippen MR) is 363 cm³/mol. The molecule has 7 heterocycles. The molecule has 7 aliphatic rings. The van der Waals surface area contributed by atoms with E-state index in [0.717, 1.165) is 66.7 Å². The van der Waals surface area contributed by atoms with Gasteiger partial charge in [-0.05, 0) is 110 Å². The summed E-state index contributed by atoms with van der Waals surface area (Å²) >= 11 is 14.1. The van der Waals surface area contributed by atoms with E-state index < -0.39 is 248 Å². The molecule has 574 valence electrons. The molecule has 5 aromatic rings. The van der Waals surface area contributed by atoms with E-state index in [1.165, 1.54) is 33.0 Å². The van der Waals surface area contributed by atoms with Crippen molar-refractivity contribution >= 4 is 80.9 Å². The first-order valence-electron chi connectivity index (χ1n) is 32.3. The molecule has 2 fully saturated rings. The molecule has 106 heavy (non-hydrogen) atoms. The summed E-state index contributed by atoms with van der Waals surface area (Å²) in [7, 11) is -3.19. The van der Waals surface area contributed by atoms with E-state index in [1.807, 2.05) is 13.8 Å². The number of halogens is 2. The van der Waals surface area contributed by atoms with E-state index in [4.69, 9.17) is 80.6 Å². The minimum atomic E-state index is -4.67. The van der Waals surface area contributed by atoms with Gasteiger partial charge in [-0.1, -0.05) is 55.2 Å². The van der Waals surface area contributed by atoms with Crippen molar-refractivity contribution in [3.05, 3.63) is 117 Å². The number of phenols is 3. The number of carbonyl (C=O) groups is 8. The molecule has 37 nitrogen and oxygen atoms in total. The lowest BCUT2D eigenvalue weighted by Gasteiger charge is -2.47. The molecule has 0 aromatic heterocycles. The highest BCUT2D eigenvalue weighted by molar-refractivity contribution is 7.79. The Morgan fingerprint density at radius 1 is 0.717 bits per heavy atom. The number of rotatable bonds is 13. The number of carboxylic acid groups (broad SMARTS) is 1. The highest BCUT2D eigenvalue weighted by Gasteiger charge is 2.51. The average Bonchev–Trinajstić information content (AvgIpc) is 0.767. The minimum Gasteiger partial charge on any atom is -0.508 e. The lowest BCUT2D eigenvalue weighted by atomic mass is 9.86. The van der Waals surface area contributed by atoms with Gasteiger partial charge in [0.15, 0.2) is 29.9 Å².